The van der Waals surface area contributed by atoms with Gasteiger partial charge in [0.05, 0.1) is 11.3 Å². The van der Waals surface area contributed by atoms with Crippen LogP contribution in [0.2, 0.25) is 0 Å². The zero-order valence-corrected chi connectivity index (χ0v) is 11.8. The maximum Gasteiger partial charge on any atom is 0.416 e. The molecule has 1 radical (unpaired) electrons. The second-order valence-corrected chi connectivity index (χ2v) is 4.73. The van der Waals surface area contributed by atoms with E-state index in [0.717, 1.165) is 11.8 Å². The van der Waals surface area contributed by atoms with Crippen molar-refractivity contribution in [2.45, 2.75) is 19.5 Å². The van der Waals surface area contributed by atoms with Crippen molar-refractivity contribution in [2.75, 3.05) is 0 Å². The Morgan fingerprint density at radius 2 is 2.00 bits per heavy atom. The van der Waals surface area contributed by atoms with Gasteiger partial charge in [0.15, 0.2) is 0 Å². The topological polar surface area (TPSA) is 45.5 Å². The van der Waals surface area contributed by atoms with Crippen LogP contribution in [0.25, 0.3) is 0 Å². The van der Waals surface area contributed by atoms with Crippen LogP contribution >= 0.6 is 0 Å². The fraction of sp³-hybridized carbons (Fsp3) is 0.188. The van der Waals surface area contributed by atoms with Crippen LogP contribution in [-0.2, 0) is 6.18 Å². The molecule has 0 bridgehead atoms. The maximum atomic E-state index is 12.9. The number of benzene rings is 1. The average Bonchev–Trinajstić information content (AvgIpc) is 2.47. The Morgan fingerprint density at radius 1 is 1.27 bits per heavy atom. The Bertz CT molecular complexity index is 681. The van der Waals surface area contributed by atoms with Crippen molar-refractivity contribution >= 4 is 5.71 Å². The standard InChI is InChI=1S/C16H14F3N2O/c1-11-10-13(8-9-20-11)15(21-22)7-6-12-4-2-3-5-14(12)16(17,18)19/h2-6,8-10,22H,7H2,1H3/b21-15+. The third-order valence-electron chi connectivity index (χ3n) is 3.13. The molecular formula is C16H14F3N2O. The minimum atomic E-state index is -4.42. The number of nitrogens with zero attached hydrogens (tertiary/aromatic N) is 2. The molecule has 0 saturated carbocycles. The molecule has 0 aliphatic carbocycles. The molecule has 1 heterocycles. The molecule has 1 aromatic carbocycles. The summed E-state index contributed by atoms with van der Waals surface area (Å²) in [4.78, 5) is 4.03. The molecule has 0 fully saturated rings. The number of aryl methyl sites for hydroxylation is 1. The van der Waals surface area contributed by atoms with Gasteiger partial charge in [-0.15, -0.1) is 0 Å². The normalized spacial score (nSPS) is 12.5. The molecule has 115 valence electrons. The van der Waals surface area contributed by atoms with Crippen molar-refractivity contribution in [1.82, 2.24) is 4.98 Å². The van der Waals surface area contributed by atoms with E-state index < -0.39 is 11.7 Å². The van der Waals surface area contributed by atoms with E-state index in [4.69, 9.17) is 5.21 Å². The van der Waals surface area contributed by atoms with Gasteiger partial charge in [0, 0.05) is 23.9 Å². The van der Waals surface area contributed by atoms with Crippen molar-refractivity contribution < 1.29 is 18.4 Å². The minimum absolute atomic E-state index is 0.0573. The highest BCUT2D eigenvalue weighted by Crippen LogP contribution is 2.33. The van der Waals surface area contributed by atoms with Gasteiger partial charge >= 0.3 is 6.18 Å². The minimum Gasteiger partial charge on any atom is -0.411 e. The lowest BCUT2D eigenvalue weighted by Crippen LogP contribution is -2.10. The van der Waals surface area contributed by atoms with Crippen LogP contribution in [0.5, 0.6) is 0 Å². The summed E-state index contributed by atoms with van der Waals surface area (Å²) in [5.74, 6) is 0. The molecule has 6 heteroatoms. The molecule has 0 amide bonds. The summed E-state index contributed by atoms with van der Waals surface area (Å²) in [5, 5.41) is 12.3. The van der Waals surface area contributed by atoms with E-state index in [-0.39, 0.29) is 17.7 Å². The second-order valence-electron chi connectivity index (χ2n) is 4.73. The Kier molecular flexibility index (Phi) is 4.80. The highest BCUT2D eigenvalue weighted by Gasteiger charge is 2.32. The summed E-state index contributed by atoms with van der Waals surface area (Å²) < 4.78 is 38.8. The van der Waals surface area contributed by atoms with Gasteiger partial charge in [0.1, 0.15) is 0 Å². The van der Waals surface area contributed by atoms with Gasteiger partial charge in [0.2, 0.25) is 0 Å². The molecule has 22 heavy (non-hydrogen) atoms. The zero-order valence-electron chi connectivity index (χ0n) is 11.8. The van der Waals surface area contributed by atoms with Crippen molar-refractivity contribution in [3.63, 3.8) is 0 Å². The molecule has 0 spiro atoms. The van der Waals surface area contributed by atoms with Crippen molar-refractivity contribution in [2.24, 2.45) is 5.16 Å². The van der Waals surface area contributed by atoms with Crippen LogP contribution < -0.4 is 0 Å². The second kappa shape index (κ2) is 6.60. The van der Waals surface area contributed by atoms with E-state index in [2.05, 4.69) is 10.1 Å². The molecule has 1 aromatic heterocycles. The number of rotatable bonds is 4. The number of hydrogen-bond donors (Lipinski definition) is 1. The Morgan fingerprint density at radius 3 is 2.64 bits per heavy atom. The highest BCUT2D eigenvalue weighted by atomic mass is 19.4. The summed E-state index contributed by atoms with van der Waals surface area (Å²) in [7, 11) is 0. The van der Waals surface area contributed by atoms with Gasteiger partial charge in [-0.3, -0.25) is 4.98 Å². The van der Waals surface area contributed by atoms with E-state index in [1.54, 1.807) is 25.3 Å². The highest BCUT2D eigenvalue weighted by molar-refractivity contribution is 6.01. The smallest absolute Gasteiger partial charge is 0.411 e. The zero-order chi connectivity index (χ0) is 16.2. The Hall–Kier alpha value is -2.37. The van der Waals surface area contributed by atoms with Gasteiger partial charge in [-0.25, -0.2) is 0 Å². The first-order valence-electron chi connectivity index (χ1n) is 6.55. The third kappa shape index (κ3) is 3.84. The number of halogens is 3. The molecule has 0 aliphatic rings. The first kappa shape index (κ1) is 16.0. The summed E-state index contributed by atoms with van der Waals surface area (Å²) in [6.07, 6.45) is -1.39. The molecule has 0 unspecified atom stereocenters. The van der Waals surface area contributed by atoms with E-state index in [1.807, 2.05) is 0 Å². The van der Waals surface area contributed by atoms with E-state index >= 15 is 0 Å². The fourth-order valence-electron chi connectivity index (χ4n) is 2.08. The van der Waals surface area contributed by atoms with Crippen molar-refractivity contribution in [3.8, 4) is 0 Å². The predicted octanol–water partition coefficient (Wildman–Crippen LogP) is 4.23. The van der Waals surface area contributed by atoms with E-state index in [0.29, 0.717) is 5.56 Å². The summed E-state index contributed by atoms with van der Waals surface area (Å²) in [6.45, 7) is 1.78. The molecule has 2 rings (SSSR count). The summed E-state index contributed by atoms with van der Waals surface area (Å²) in [5.41, 5.74) is 0.979. The average molecular weight is 307 g/mol. The number of pyridine rings is 1. The summed E-state index contributed by atoms with van der Waals surface area (Å²) in [6, 6.07) is 8.64. The molecule has 3 nitrogen and oxygen atoms in total. The van der Waals surface area contributed by atoms with Crippen LogP contribution in [0.15, 0.2) is 47.8 Å². The largest absolute Gasteiger partial charge is 0.416 e. The SMILES string of the molecule is Cc1cc(/C(C[CH]c2ccccc2C(F)(F)F)=N/O)ccn1. The molecular weight excluding hydrogens is 293 g/mol. The lowest BCUT2D eigenvalue weighted by Gasteiger charge is -2.12. The van der Waals surface area contributed by atoms with Gasteiger partial charge < -0.3 is 5.21 Å². The van der Waals surface area contributed by atoms with Crippen molar-refractivity contribution in [3.05, 3.63) is 71.4 Å². The van der Waals surface area contributed by atoms with Crippen LogP contribution in [-0.4, -0.2) is 15.9 Å². The molecule has 0 aliphatic heterocycles. The Labute approximate surface area is 126 Å². The van der Waals surface area contributed by atoms with Crippen LogP contribution in [0.1, 0.15) is 28.8 Å². The van der Waals surface area contributed by atoms with Gasteiger partial charge in [-0.2, -0.15) is 13.2 Å². The number of alkyl halides is 3. The Balaban J connectivity index is 2.19. The lowest BCUT2D eigenvalue weighted by atomic mass is 9.98. The van der Waals surface area contributed by atoms with E-state index in [9.17, 15) is 13.2 Å². The third-order valence-corrected chi connectivity index (χ3v) is 3.13. The number of aromatic nitrogens is 1. The van der Waals surface area contributed by atoms with Crippen LogP contribution in [0.3, 0.4) is 0 Å². The number of hydrogen-bond acceptors (Lipinski definition) is 3. The quantitative estimate of drug-likeness (QED) is 0.522. The van der Waals surface area contributed by atoms with E-state index in [1.165, 1.54) is 24.6 Å². The molecule has 0 saturated heterocycles. The molecule has 1 N–H and O–H groups in total. The first-order chi connectivity index (χ1) is 10.4. The van der Waals surface area contributed by atoms with Gasteiger partial charge in [0.25, 0.3) is 0 Å². The predicted molar refractivity (Wildman–Crippen MR) is 76.8 cm³/mol. The first-order valence-corrected chi connectivity index (χ1v) is 6.55. The molecule has 2 aromatic rings. The fourth-order valence-corrected chi connectivity index (χ4v) is 2.08. The number of oxime groups is 1. The van der Waals surface area contributed by atoms with Gasteiger partial charge in [-0.1, -0.05) is 23.4 Å². The van der Waals surface area contributed by atoms with Gasteiger partial charge in [-0.05, 0) is 37.1 Å². The monoisotopic (exact) mass is 307 g/mol. The van der Waals surface area contributed by atoms with Crippen LogP contribution in [0.4, 0.5) is 13.2 Å². The summed E-state index contributed by atoms with van der Waals surface area (Å²) >= 11 is 0. The maximum absolute atomic E-state index is 12.9. The van der Waals surface area contributed by atoms with Crippen LogP contribution in [0, 0.1) is 13.3 Å². The lowest BCUT2D eigenvalue weighted by molar-refractivity contribution is -0.137. The van der Waals surface area contributed by atoms with Crippen molar-refractivity contribution in [1.29, 1.82) is 0 Å². The molecule has 0 atom stereocenters.